The summed E-state index contributed by atoms with van der Waals surface area (Å²) >= 11 is 0. The number of nitrogens with zero attached hydrogens (tertiary/aromatic N) is 2. The summed E-state index contributed by atoms with van der Waals surface area (Å²) in [4.78, 5) is 19.4. The minimum atomic E-state index is 0. The summed E-state index contributed by atoms with van der Waals surface area (Å²) < 4.78 is 5.35. The molecule has 2 N–H and O–H groups in total. The van der Waals surface area contributed by atoms with E-state index < -0.39 is 0 Å². The molecule has 3 rings (SSSR count). The molecule has 1 aliphatic carbocycles. The number of amides is 1. The molecular weight excluding hydrogens is 455 g/mol. The van der Waals surface area contributed by atoms with E-state index in [0.717, 1.165) is 77.5 Å². The standard InChI is InChI=1S/C20H34N4O2.HI/c1-2-21-20(22-11-7-16-9-13-26-14-10-16)23-18-8-12-24(15-18)19(25)17-5-3-4-6-17;/h9,17-18H,2-8,10-15H2,1H3,(H2,21,22,23);1H. The third kappa shape index (κ3) is 6.93. The molecule has 0 radical (unpaired) electrons. The van der Waals surface area contributed by atoms with Crippen LogP contribution in [0.3, 0.4) is 0 Å². The first-order chi connectivity index (χ1) is 12.8. The number of carbonyl (C=O) groups excluding carboxylic acids is 1. The highest BCUT2D eigenvalue weighted by Gasteiger charge is 2.32. The van der Waals surface area contributed by atoms with Crippen LogP contribution in [0.5, 0.6) is 0 Å². The molecule has 0 aromatic carbocycles. The Hall–Kier alpha value is -0.830. The van der Waals surface area contributed by atoms with Gasteiger partial charge in [-0.05, 0) is 39.0 Å². The van der Waals surface area contributed by atoms with Gasteiger partial charge >= 0.3 is 0 Å². The zero-order valence-electron chi connectivity index (χ0n) is 16.5. The lowest BCUT2D eigenvalue weighted by Crippen LogP contribution is -2.45. The molecule has 0 aromatic heterocycles. The van der Waals surface area contributed by atoms with Crippen LogP contribution in [0.4, 0.5) is 0 Å². The summed E-state index contributed by atoms with van der Waals surface area (Å²) in [6.07, 6.45) is 9.81. The van der Waals surface area contributed by atoms with E-state index in [9.17, 15) is 4.79 Å². The van der Waals surface area contributed by atoms with E-state index in [2.05, 4.69) is 28.5 Å². The molecule has 2 heterocycles. The second-order valence-corrected chi connectivity index (χ2v) is 7.59. The zero-order valence-corrected chi connectivity index (χ0v) is 18.9. The minimum absolute atomic E-state index is 0. The van der Waals surface area contributed by atoms with E-state index in [1.807, 2.05) is 0 Å². The van der Waals surface area contributed by atoms with Gasteiger partial charge in [0, 0.05) is 38.1 Å². The van der Waals surface area contributed by atoms with Crippen molar-refractivity contribution < 1.29 is 9.53 Å². The van der Waals surface area contributed by atoms with Gasteiger partial charge in [0.1, 0.15) is 0 Å². The van der Waals surface area contributed by atoms with E-state index in [1.165, 1.54) is 18.4 Å². The van der Waals surface area contributed by atoms with Crippen molar-refractivity contribution in [2.45, 2.75) is 57.9 Å². The topological polar surface area (TPSA) is 66.0 Å². The zero-order chi connectivity index (χ0) is 18.2. The summed E-state index contributed by atoms with van der Waals surface area (Å²) in [5, 5.41) is 6.87. The number of hydrogen-bond acceptors (Lipinski definition) is 3. The fourth-order valence-corrected chi connectivity index (χ4v) is 4.13. The van der Waals surface area contributed by atoms with Gasteiger partial charge < -0.3 is 20.3 Å². The molecule has 2 fully saturated rings. The van der Waals surface area contributed by atoms with Crippen LogP contribution in [-0.4, -0.2) is 62.2 Å². The predicted octanol–water partition coefficient (Wildman–Crippen LogP) is 2.69. The molecule has 1 saturated carbocycles. The van der Waals surface area contributed by atoms with Crippen LogP contribution in [0.1, 0.15) is 51.9 Å². The quantitative estimate of drug-likeness (QED) is 0.260. The smallest absolute Gasteiger partial charge is 0.225 e. The number of likely N-dealkylation sites (tertiary alicyclic amines) is 1. The van der Waals surface area contributed by atoms with E-state index in [4.69, 9.17) is 9.73 Å². The molecule has 1 amide bonds. The van der Waals surface area contributed by atoms with Gasteiger partial charge in [-0.15, -0.1) is 24.0 Å². The van der Waals surface area contributed by atoms with Gasteiger partial charge in [0.15, 0.2) is 5.96 Å². The Kier molecular flexibility index (Phi) is 9.89. The molecule has 27 heavy (non-hydrogen) atoms. The molecule has 154 valence electrons. The van der Waals surface area contributed by atoms with Crippen molar-refractivity contribution in [1.82, 2.24) is 15.5 Å². The van der Waals surface area contributed by atoms with E-state index in [0.29, 0.717) is 11.9 Å². The first-order valence-corrected chi connectivity index (χ1v) is 10.4. The Labute approximate surface area is 180 Å². The number of carbonyl (C=O) groups is 1. The summed E-state index contributed by atoms with van der Waals surface area (Å²) in [6.45, 7) is 6.98. The summed E-state index contributed by atoms with van der Waals surface area (Å²) in [5.41, 5.74) is 1.45. The fraction of sp³-hybridized carbons (Fsp3) is 0.800. The van der Waals surface area contributed by atoms with Crippen LogP contribution in [0.2, 0.25) is 0 Å². The highest BCUT2D eigenvalue weighted by Crippen LogP contribution is 2.27. The Morgan fingerprint density at radius 1 is 1.33 bits per heavy atom. The van der Waals surface area contributed by atoms with Crippen LogP contribution < -0.4 is 10.6 Å². The van der Waals surface area contributed by atoms with Gasteiger partial charge in [0.25, 0.3) is 0 Å². The number of aliphatic imine (C=N–C) groups is 1. The highest BCUT2D eigenvalue weighted by atomic mass is 127. The Bertz CT molecular complexity index is 532. The van der Waals surface area contributed by atoms with Crippen LogP contribution >= 0.6 is 24.0 Å². The van der Waals surface area contributed by atoms with Crippen molar-refractivity contribution in [3.63, 3.8) is 0 Å². The number of halogens is 1. The first-order valence-electron chi connectivity index (χ1n) is 10.4. The van der Waals surface area contributed by atoms with Crippen LogP contribution in [0.25, 0.3) is 0 Å². The number of rotatable bonds is 6. The van der Waals surface area contributed by atoms with Gasteiger partial charge in [-0.1, -0.05) is 24.5 Å². The van der Waals surface area contributed by atoms with Crippen molar-refractivity contribution in [1.29, 1.82) is 0 Å². The molecular formula is C20H35IN4O2. The second kappa shape index (κ2) is 11.9. The van der Waals surface area contributed by atoms with Crippen molar-refractivity contribution in [3.8, 4) is 0 Å². The van der Waals surface area contributed by atoms with Gasteiger partial charge in [0.05, 0.1) is 13.2 Å². The van der Waals surface area contributed by atoms with E-state index in [-0.39, 0.29) is 29.9 Å². The molecule has 3 aliphatic rings. The number of nitrogens with one attached hydrogen (secondary N) is 2. The highest BCUT2D eigenvalue weighted by molar-refractivity contribution is 14.0. The van der Waals surface area contributed by atoms with E-state index >= 15 is 0 Å². The predicted molar refractivity (Wildman–Crippen MR) is 120 cm³/mol. The fourth-order valence-electron chi connectivity index (χ4n) is 4.13. The third-order valence-electron chi connectivity index (χ3n) is 5.65. The lowest BCUT2D eigenvalue weighted by Gasteiger charge is -2.21. The normalized spacial score (nSPS) is 23.7. The van der Waals surface area contributed by atoms with Crippen LogP contribution in [0, 0.1) is 5.92 Å². The van der Waals surface area contributed by atoms with E-state index in [1.54, 1.807) is 0 Å². The first kappa shape index (κ1) is 22.5. The average molecular weight is 490 g/mol. The van der Waals surface area contributed by atoms with Crippen molar-refractivity contribution >= 4 is 35.8 Å². The molecule has 0 aromatic rings. The Morgan fingerprint density at radius 3 is 2.85 bits per heavy atom. The van der Waals surface area contributed by atoms with Crippen molar-refractivity contribution in [2.75, 3.05) is 39.4 Å². The molecule has 1 unspecified atom stereocenters. The molecule has 7 heteroatoms. The maximum atomic E-state index is 12.6. The SMILES string of the molecule is CCNC(=NCCC1=CCOCC1)NC1CCN(C(=O)C2CCCC2)C1.I. The second-order valence-electron chi connectivity index (χ2n) is 7.59. The monoisotopic (exact) mass is 490 g/mol. The third-order valence-corrected chi connectivity index (χ3v) is 5.65. The van der Waals surface area contributed by atoms with Crippen LogP contribution in [0.15, 0.2) is 16.6 Å². The molecule has 1 atom stereocenters. The maximum absolute atomic E-state index is 12.6. The van der Waals surface area contributed by atoms with Gasteiger partial charge in [-0.25, -0.2) is 0 Å². The van der Waals surface area contributed by atoms with Gasteiger partial charge in [-0.3, -0.25) is 9.79 Å². The number of hydrogen-bond donors (Lipinski definition) is 2. The molecule has 1 saturated heterocycles. The van der Waals surface area contributed by atoms with Crippen molar-refractivity contribution in [2.24, 2.45) is 10.9 Å². The van der Waals surface area contributed by atoms with Crippen molar-refractivity contribution in [3.05, 3.63) is 11.6 Å². The summed E-state index contributed by atoms with van der Waals surface area (Å²) in [7, 11) is 0. The minimum Gasteiger partial charge on any atom is -0.377 e. The molecule has 0 bridgehead atoms. The number of guanidine groups is 1. The molecule has 6 nitrogen and oxygen atoms in total. The average Bonchev–Trinajstić information content (AvgIpc) is 3.34. The number of ether oxygens (including phenoxy) is 1. The van der Waals surface area contributed by atoms with Gasteiger partial charge in [0.2, 0.25) is 5.91 Å². The lowest BCUT2D eigenvalue weighted by atomic mass is 10.1. The van der Waals surface area contributed by atoms with Crippen LogP contribution in [-0.2, 0) is 9.53 Å². The van der Waals surface area contributed by atoms with Gasteiger partial charge in [-0.2, -0.15) is 0 Å². The molecule has 2 aliphatic heterocycles. The largest absolute Gasteiger partial charge is 0.377 e. The molecule has 0 spiro atoms. The lowest BCUT2D eigenvalue weighted by molar-refractivity contribution is -0.134. The summed E-state index contributed by atoms with van der Waals surface area (Å²) in [6, 6.07) is 0.306. The maximum Gasteiger partial charge on any atom is 0.225 e. The summed E-state index contributed by atoms with van der Waals surface area (Å²) in [5.74, 6) is 1.53. The Balaban J connectivity index is 0.00000261. The Morgan fingerprint density at radius 2 is 2.15 bits per heavy atom.